The number of hydrogen-bond donors (Lipinski definition) is 1. The van der Waals surface area contributed by atoms with Gasteiger partial charge >= 0.3 is 0 Å². The quantitative estimate of drug-likeness (QED) is 0.269. The SMILES string of the molecule is Cc1sc2nc(-c3ccccc3Cl)n(CC(=O)Nc3ccc(Oc4ccccc4)cc3)c(=O)c2c1C. The van der Waals surface area contributed by atoms with E-state index in [0.717, 1.165) is 16.2 Å². The van der Waals surface area contributed by atoms with Crippen LogP contribution < -0.4 is 15.6 Å². The number of fused-ring (bicyclic) bond motifs is 1. The highest BCUT2D eigenvalue weighted by Crippen LogP contribution is 2.31. The summed E-state index contributed by atoms with van der Waals surface area (Å²) >= 11 is 7.91. The summed E-state index contributed by atoms with van der Waals surface area (Å²) in [4.78, 5) is 33.0. The van der Waals surface area contributed by atoms with Gasteiger partial charge in [0.1, 0.15) is 28.7 Å². The Bertz CT molecular complexity index is 1630. The van der Waals surface area contributed by atoms with Crippen LogP contribution in [0.15, 0.2) is 83.7 Å². The van der Waals surface area contributed by atoms with Gasteiger partial charge in [-0.05, 0) is 67.9 Å². The molecule has 180 valence electrons. The molecule has 0 aliphatic carbocycles. The number of halogens is 1. The summed E-state index contributed by atoms with van der Waals surface area (Å²) in [6.45, 7) is 3.65. The number of rotatable bonds is 6. The van der Waals surface area contributed by atoms with Gasteiger partial charge in [-0.3, -0.25) is 14.2 Å². The lowest BCUT2D eigenvalue weighted by Crippen LogP contribution is -2.30. The number of ether oxygens (including phenoxy) is 1. The lowest BCUT2D eigenvalue weighted by atomic mass is 10.1. The molecule has 0 aliphatic rings. The summed E-state index contributed by atoms with van der Waals surface area (Å²) in [5.41, 5.74) is 1.79. The number of nitrogens with zero attached hydrogens (tertiary/aromatic N) is 2. The lowest BCUT2D eigenvalue weighted by molar-refractivity contribution is -0.116. The van der Waals surface area contributed by atoms with Crippen molar-refractivity contribution >= 4 is 44.7 Å². The number of aromatic nitrogens is 2. The summed E-state index contributed by atoms with van der Waals surface area (Å²) in [6.07, 6.45) is 0. The van der Waals surface area contributed by atoms with Gasteiger partial charge in [-0.15, -0.1) is 11.3 Å². The molecule has 0 aliphatic heterocycles. The predicted molar refractivity (Wildman–Crippen MR) is 145 cm³/mol. The second kappa shape index (κ2) is 9.97. The van der Waals surface area contributed by atoms with Crippen LogP contribution in [0, 0.1) is 13.8 Å². The molecule has 5 rings (SSSR count). The number of thiophene rings is 1. The molecule has 1 N–H and O–H groups in total. The molecule has 36 heavy (non-hydrogen) atoms. The number of para-hydroxylation sites is 1. The van der Waals surface area contributed by atoms with E-state index in [9.17, 15) is 9.59 Å². The van der Waals surface area contributed by atoms with E-state index in [0.29, 0.717) is 38.1 Å². The minimum atomic E-state index is -0.354. The Morgan fingerprint density at radius 2 is 1.64 bits per heavy atom. The third kappa shape index (κ3) is 4.76. The van der Waals surface area contributed by atoms with Gasteiger partial charge in [0.05, 0.1) is 10.4 Å². The number of amides is 1. The third-order valence-electron chi connectivity index (χ3n) is 5.82. The first-order chi connectivity index (χ1) is 17.4. The van der Waals surface area contributed by atoms with Crippen LogP contribution >= 0.6 is 22.9 Å². The van der Waals surface area contributed by atoms with Crippen LogP contribution in [-0.4, -0.2) is 15.5 Å². The van der Waals surface area contributed by atoms with E-state index in [1.54, 1.807) is 36.4 Å². The van der Waals surface area contributed by atoms with Crippen LogP contribution in [0.2, 0.25) is 5.02 Å². The maximum Gasteiger partial charge on any atom is 0.263 e. The Kier molecular flexibility index (Phi) is 6.59. The van der Waals surface area contributed by atoms with Crippen LogP contribution in [0.3, 0.4) is 0 Å². The number of benzene rings is 3. The highest BCUT2D eigenvalue weighted by Gasteiger charge is 2.20. The fourth-order valence-corrected chi connectivity index (χ4v) is 5.14. The Labute approximate surface area is 216 Å². The van der Waals surface area contributed by atoms with Crippen molar-refractivity contribution in [2.24, 2.45) is 0 Å². The van der Waals surface area contributed by atoms with E-state index in [2.05, 4.69) is 5.32 Å². The van der Waals surface area contributed by atoms with E-state index < -0.39 is 0 Å². The van der Waals surface area contributed by atoms with Crippen LogP contribution in [0.4, 0.5) is 5.69 Å². The second-order valence-electron chi connectivity index (χ2n) is 8.26. The predicted octanol–water partition coefficient (Wildman–Crippen LogP) is 6.83. The number of carbonyl (C=O) groups is 1. The summed E-state index contributed by atoms with van der Waals surface area (Å²) in [6, 6.07) is 23.7. The van der Waals surface area contributed by atoms with Gasteiger partial charge in [0.15, 0.2) is 0 Å². The lowest BCUT2D eigenvalue weighted by Gasteiger charge is -2.14. The monoisotopic (exact) mass is 515 g/mol. The fourth-order valence-electron chi connectivity index (χ4n) is 3.90. The van der Waals surface area contributed by atoms with Gasteiger partial charge in [-0.2, -0.15) is 0 Å². The highest BCUT2D eigenvalue weighted by molar-refractivity contribution is 7.18. The molecule has 0 spiro atoms. The molecule has 1 amide bonds. The number of carbonyl (C=O) groups excluding carboxylic acids is 1. The normalized spacial score (nSPS) is 11.0. The average molecular weight is 516 g/mol. The van der Waals surface area contributed by atoms with Crippen molar-refractivity contribution < 1.29 is 9.53 Å². The standard InChI is InChI=1S/C28H22ClN3O3S/c1-17-18(2)36-27-25(17)28(34)32(26(31-27)22-10-6-7-11-23(22)29)16-24(33)30-19-12-14-21(15-13-19)35-20-8-4-3-5-9-20/h3-15H,16H2,1-2H3,(H,30,33). The van der Waals surface area contributed by atoms with E-state index in [-0.39, 0.29) is 18.0 Å². The van der Waals surface area contributed by atoms with Crippen LogP contribution in [0.1, 0.15) is 10.4 Å². The first-order valence-corrected chi connectivity index (χ1v) is 12.5. The van der Waals surface area contributed by atoms with Gasteiger partial charge in [-0.1, -0.05) is 41.9 Å². The molecule has 5 aromatic rings. The van der Waals surface area contributed by atoms with Crippen molar-refractivity contribution in [2.75, 3.05) is 5.32 Å². The molecule has 6 nitrogen and oxygen atoms in total. The van der Waals surface area contributed by atoms with Crippen LogP contribution in [0.5, 0.6) is 11.5 Å². The zero-order valence-corrected chi connectivity index (χ0v) is 21.2. The average Bonchev–Trinajstić information content (AvgIpc) is 3.16. The molecule has 3 aromatic carbocycles. The molecule has 0 saturated heterocycles. The Balaban J connectivity index is 1.44. The van der Waals surface area contributed by atoms with Crippen molar-refractivity contribution in [2.45, 2.75) is 20.4 Å². The molecular weight excluding hydrogens is 494 g/mol. The Hall–Kier alpha value is -3.94. The summed E-state index contributed by atoms with van der Waals surface area (Å²) < 4.78 is 7.20. The van der Waals surface area contributed by atoms with Crippen molar-refractivity contribution in [1.82, 2.24) is 9.55 Å². The Morgan fingerprint density at radius 3 is 2.36 bits per heavy atom. The smallest absolute Gasteiger partial charge is 0.263 e. The maximum atomic E-state index is 13.6. The largest absolute Gasteiger partial charge is 0.457 e. The van der Waals surface area contributed by atoms with Crippen molar-refractivity contribution in [1.29, 1.82) is 0 Å². The van der Waals surface area contributed by atoms with Gasteiger partial charge < -0.3 is 10.1 Å². The molecule has 0 bridgehead atoms. The molecule has 0 atom stereocenters. The van der Waals surface area contributed by atoms with Gasteiger partial charge in [0.2, 0.25) is 5.91 Å². The first-order valence-electron chi connectivity index (χ1n) is 11.3. The maximum absolute atomic E-state index is 13.6. The summed E-state index contributed by atoms with van der Waals surface area (Å²) in [5.74, 6) is 1.38. The summed E-state index contributed by atoms with van der Waals surface area (Å²) in [7, 11) is 0. The van der Waals surface area contributed by atoms with E-state index in [1.165, 1.54) is 15.9 Å². The van der Waals surface area contributed by atoms with Crippen LogP contribution in [0.25, 0.3) is 21.6 Å². The molecular formula is C28H22ClN3O3S. The number of nitrogens with one attached hydrogen (secondary N) is 1. The topological polar surface area (TPSA) is 73.2 Å². The molecule has 8 heteroatoms. The van der Waals surface area contributed by atoms with Crippen LogP contribution in [-0.2, 0) is 11.3 Å². The number of hydrogen-bond acceptors (Lipinski definition) is 5. The van der Waals surface area contributed by atoms with E-state index >= 15 is 0 Å². The zero-order chi connectivity index (χ0) is 25.2. The van der Waals surface area contributed by atoms with Crippen molar-refractivity contribution in [3.8, 4) is 22.9 Å². The van der Waals surface area contributed by atoms with Crippen molar-refractivity contribution in [3.63, 3.8) is 0 Å². The van der Waals surface area contributed by atoms with E-state index in [1.807, 2.05) is 56.3 Å². The van der Waals surface area contributed by atoms with E-state index in [4.69, 9.17) is 21.3 Å². The first kappa shape index (κ1) is 23.8. The molecule has 2 heterocycles. The molecule has 0 radical (unpaired) electrons. The fraction of sp³-hybridized carbons (Fsp3) is 0.107. The number of anilines is 1. The Morgan fingerprint density at radius 1 is 0.972 bits per heavy atom. The van der Waals surface area contributed by atoms with Gasteiger partial charge in [0, 0.05) is 16.1 Å². The molecule has 0 saturated carbocycles. The van der Waals surface area contributed by atoms with Gasteiger partial charge in [0.25, 0.3) is 5.56 Å². The highest BCUT2D eigenvalue weighted by atomic mass is 35.5. The summed E-state index contributed by atoms with van der Waals surface area (Å²) in [5, 5.41) is 3.84. The molecule has 2 aromatic heterocycles. The van der Waals surface area contributed by atoms with Crippen molar-refractivity contribution in [3.05, 3.63) is 105 Å². The molecule has 0 fully saturated rings. The third-order valence-corrected chi connectivity index (χ3v) is 7.25. The second-order valence-corrected chi connectivity index (χ2v) is 9.87. The minimum Gasteiger partial charge on any atom is -0.457 e. The number of aryl methyl sites for hydroxylation is 2. The zero-order valence-electron chi connectivity index (χ0n) is 19.6. The molecule has 0 unspecified atom stereocenters. The minimum absolute atomic E-state index is 0.209. The van der Waals surface area contributed by atoms with Gasteiger partial charge in [-0.25, -0.2) is 4.98 Å².